The van der Waals surface area contributed by atoms with Crippen molar-refractivity contribution in [3.63, 3.8) is 0 Å². The number of nitrogens with one attached hydrogen (secondary N) is 2. The Bertz CT molecular complexity index is 550. The maximum absolute atomic E-state index is 12.5. The lowest BCUT2D eigenvalue weighted by Crippen LogP contribution is -2.32. The Morgan fingerprint density at radius 2 is 1.92 bits per heavy atom. The summed E-state index contributed by atoms with van der Waals surface area (Å²) in [5, 5.41) is 4.92. The number of carbonyl (C=O) groups is 2. The summed E-state index contributed by atoms with van der Waals surface area (Å²) in [5.41, 5.74) is -0.797. The lowest BCUT2D eigenvalue weighted by atomic mass is 10.2. The van der Waals surface area contributed by atoms with Gasteiger partial charge in [-0.1, -0.05) is 6.07 Å². The fraction of sp³-hybridized carbons (Fsp3) is 0.467. The quantitative estimate of drug-likeness (QED) is 0.707. The van der Waals surface area contributed by atoms with Crippen LogP contribution in [0.15, 0.2) is 24.3 Å². The normalized spacial score (nSPS) is 10.8. The SMILES string of the molecule is CCOC(=O)NCCC(=O)NCCOc1cccc(C(F)(F)F)c1. The average molecular weight is 348 g/mol. The van der Waals surface area contributed by atoms with Crippen LogP contribution in [0.4, 0.5) is 18.0 Å². The molecule has 1 aromatic carbocycles. The lowest BCUT2D eigenvalue weighted by Gasteiger charge is -2.11. The second-order valence-electron chi connectivity index (χ2n) is 4.62. The Labute approximate surface area is 137 Å². The van der Waals surface area contributed by atoms with Gasteiger partial charge in [0.1, 0.15) is 12.4 Å². The molecule has 0 fully saturated rings. The van der Waals surface area contributed by atoms with Crippen molar-refractivity contribution < 1.29 is 32.2 Å². The van der Waals surface area contributed by atoms with Crippen molar-refractivity contribution in [2.75, 3.05) is 26.3 Å². The largest absolute Gasteiger partial charge is 0.492 e. The third-order valence-corrected chi connectivity index (χ3v) is 2.75. The second kappa shape index (κ2) is 9.64. The first kappa shape index (κ1) is 19.6. The molecule has 0 bridgehead atoms. The number of hydrogen-bond donors (Lipinski definition) is 2. The molecule has 1 aromatic rings. The molecule has 0 saturated heterocycles. The molecule has 0 radical (unpaired) electrons. The molecule has 0 spiro atoms. The van der Waals surface area contributed by atoms with E-state index in [0.717, 1.165) is 12.1 Å². The summed E-state index contributed by atoms with van der Waals surface area (Å²) >= 11 is 0. The predicted molar refractivity (Wildman–Crippen MR) is 79.6 cm³/mol. The first-order valence-corrected chi connectivity index (χ1v) is 7.30. The highest BCUT2D eigenvalue weighted by Crippen LogP contribution is 2.31. The molecular weight excluding hydrogens is 329 g/mol. The minimum Gasteiger partial charge on any atom is -0.492 e. The van der Waals surface area contributed by atoms with Crippen molar-refractivity contribution in [3.8, 4) is 5.75 Å². The van der Waals surface area contributed by atoms with Gasteiger partial charge in [-0.05, 0) is 25.1 Å². The number of amides is 2. The van der Waals surface area contributed by atoms with Crippen molar-refractivity contribution >= 4 is 12.0 Å². The van der Waals surface area contributed by atoms with E-state index in [2.05, 4.69) is 15.4 Å². The summed E-state index contributed by atoms with van der Waals surface area (Å²) < 4.78 is 47.4. The summed E-state index contributed by atoms with van der Waals surface area (Å²) in [7, 11) is 0. The number of alkyl halides is 3. The Hall–Kier alpha value is -2.45. The molecule has 1 rings (SSSR count). The fourth-order valence-electron chi connectivity index (χ4n) is 1.67. The van der Waals surface area contributed by atoms with Crippen LogP contribution in [-0.2, 0) is 15.7 Å². The summed E-state index contributed by atoms with van der Waals surface area (Å²) in [5.74, 6) is -0.248. The molecule has 0 aliphatic heterocycles. The summed E-state index contributed by atoms with van der Waals surface area (Å²) in [6.45, 7) is 2.19. The third-order valence-electron chi connectivity index (χ3n) is 2.75. The van der Waals surface area contributed by atoms with Crippen molar-refractivity contribution in [2.45, 2.75) is 19.5 Å². The third kappa shape index (κ3) is 7.70. The zero-order valence-corrected chi connectivity index (χ0v) is 13.1. The van der Waals surface area contributed by atoms with Crippen LogP contribution in [-0.4, -0.2) is 38.3 Å². The molecule has 0 saturated carbocycles. The van der Waals surface area contributed by atoms with Gasteiger partial charge in [0.05, 0.1) is 18.7 Å². The van der Waals surface area contributed by atoms with Gasteiger partial charge in [-0.2, -0.15) is 13.2 Å². The van der Waals surface area contributed by atoms with Gasteiger partial charge in [0.2, 0.25) is 5.91 Å². The molecular formula is C15H19F3N2O4. The second-order valence-corrected chi connectivity index (χ2v) is 4.62. The van der Waals surface area contributed by atoms with Crippen LogP contribution in [0.5, 0.6) is 5.75 Å². The van der Waals surface area contributed by atoms with Crippen molar-refractivity contribution in [3.05, 3.63) is 29.8 Å². The molecule has 0 aliphatic rings. The Kier molecular flexibility index (Phi) is 7.87. The highest BCUT2D eigenvalue weighted by atomic mass is 19.4. The highest BCUT2D eigenvalue weighted by molar-refractivity contribution is 5.76. The van der Waals surface area contributed by atoms with Gasteiger partial charge in [-0.25, -0.2) is 4.79 Å². The van der Waals surface area contributed by atoms with E-state index >= 15 is 0 Å². The molecule has 0 aliphatic carbocycles. The van der Waals surface area contributed by atoms with Crippen LogP contribution in [0.2, 0.25) is 0 Å². The first-order chi connectivity index (χ1) is 11.3. The molecule has 0 atom stereocenters. The maximum Gasteiger partial charge on any atom is 0.416 e. The number of ether oxygens (including phenoxy) is 2. The lowest BCUT2D eigenvalue weighted by molar-refractivity contribution is -0.137. The smallest absolute Gasteiger partial charge is 0.416 e. The van der Waals surface area contributed by atoms with E-state index < -0.39 is 17.8 Å². The zero-order chi connectivity index (χ0) is 18.0. The van der Waals surface area contributed by atoms with Gasteiger partial charge < -0.3 is 20.1 Å². The predicted octanol–water partition coefficient (Wildman–Crippen LogP) is 2.34. The van der Waals surface area contributed by atoms with Gasteiger partial charge in [0.15, 0.2) is 0 Å². The maximum atomic E-state index is 12.5. The van der Waals surface area contributed by atoms with E-state index in [0.29, 0.717) is 0 Å². The minimum atomic E-state index is -4.43. The molecule has 0 heterocycles. The van der Waals surface area contributed by atoms with Crippen LogP contribution in [0.1, 0.15) is 18.9 Å². The van der Waals surface area contributed by atoms with E-state index in [4.69, 9.17) is 4.74 Å². The van der Waals surface area contributed by atoms with Gasteiger partial charge >= 0.3 is 12.3 Å². The van der Waals surface area contributed by atoms with Crippen molar-refractivity contribution in [1.82, 2.24) is 10.6 Å². The molecule has 134 valence electrons. The topological polar surface area (TPSA) is 76.7 Å². The average Bonchev–Trinajstić information content (AvgIpc) is 2.51. The number of alkyl carbamates (subject to hydrolysis) is 1. The number of rotatable bonds is 8. The van der Waals surface area contributed by atoms with E-state index in [-0.39, 0.29) is 44.4 Å². The van der Waals surface area contributed by atoms with Gasteiger partial charge in [0.25, 0.3) is 0 Å². The number of halogens is 3. The standard InChI is InChI=1S/C15H19F3N2O4/c1-2-23-14(22)20-7-6-13(21)19-8-9-24-12-5-3-4-11(10-12)15(16,17)18/h3-5,10H,2,6-9H2,1H3,(H,19,21)(H,20,22). The van der Waals surface area contributed by atoms with E-state index in [1.54, 1.807) is 6.92 Å². The van der Waals surface area contributed by atoms with E-state index in [9.17, 15) is 22.8 Å². The highest BCUT2D eigenvalue weighted by Gasteiger charge is 2.30. The number of carbonyl (C=O) groups excluding carboxylic acids is 2. The minimum absolute atomic E-state index is 0.0261. The van der Waals surface area contributed by atoms with E-state index in [1.807, 2.05) is 0 Å². The molecule has 6 nitrogen and oxygen atoms in total. The van der Waals surface area contributed by atoms with Gasteiger partial charge in [-0.15, -0.1) is 0 Å². The van der Waals surface area contributed by atoms with E-state index in [1.165, 1.54) is 12.1 Å². The fourth-order valence-corrected chi connectivity index (χ4v) is 1.67. The number of benzene rings is 1. The number of hydrogen-bond acceptors (Lipinski definition) is 4. The molecule has 24 heavy (non-hydrogen) atoms. The van der Waals surface area contributed by atoms with Crippen LogP contribution < -0.4 is 15.4 Å². The van der Waals surface area contributed by atoms with Gasteiger partial charge in [-0.3, -0.25) is 4.79 Å². The zero-order valence-electron chi connectivity index (χ0n) is 13.1. The van der Waals surface area contributed by atoms with Crippen LogP contribution in [0, 0.1) is 0 Å². The Morgan fingerprint density at radius 1 is 1.17 bits per heavy atom. The molecule has 0 aromatic heterocycles. The first-order valence-electron chi connectivity index (χ1n) is 7.30. The molecule has 9 heteroatoms. The van der Waals surface area contributed by atoms with Crippen LogP contribution in [0.3, 0.4) is 0 Å². The summed E-state index contributed by atoms with van der Waals surface area (Å²) in [6.07, 6.45) is -4.97. The van der Waals surface area contributed by atoms with Crippen molar-refractivity contribution in [2.24, 2.45) is 0 Å². The van der Waals surface area contributed by atoms with Crippen LogP contribution in [0.25, 0.3) is 0 Å². The van der Waals surface area contributed by atoms with Crippen molar-refractivity contribution in [1.29, 1.82) is 0 Å². The van der Waals surface area contributed by atoms with Gasteiger partial charge in [0, 0.05) is 13.0 Å². The Balaban J connectivity index is 2.22. The molecule has 2 N–H and O–H groups in total. The summed E-state index contributed by atoms with van der Waals surface area (Å²) in [6, 6.07) is 4.49. The summed E-state index contributed by atoms with van der Waals surface area (Å²) in [4.78, 5) is 22.4. The molecule has 0 unspecified atom stereocenters. The molecule has 2 amide bonds. The van der Waals surface area contributed by atoms with Crippen LogP contribution >= 0.6 is 0 Å². The monoisotopic (exact) mass is 348 g/mol. The Morgan fingerprint density at radius 3 is 2.58 bits per heavy atom.